The normalized spacial score (nSPS) is 11.7. The van der Waals surface area contributed by atoms with Crippen LogP contribution in [0, 0.1) is 0 Å². The average Bonchev–Trinajstić information content (AvgIpc) is 3.54. The summed E-state index contributed by atoms with van der Waals surface area (Å²) in [6.07, 6.45) is 2.70. The maximum atomic E-state index is 10.8. The number of rotatable bonds is 10. The van der Waals surface area contributed by atoms with Crippen LogP contribution in [0.1, 0.15) is 62.5 Å². The second-order valence-corrected chi connectivity index (χ2v) is 10.5. The largest absolute Gasteiger partial charge is 0.384 e. The van der Waals surface area contributed by atoms with Gasteiger partial charge in [-0.05, 0) is 59.4 Å². The molecule has 1 N–H and O–H groups in total. The number of aryl methyl sites for hydroxylation is 1. The zero-order valence-electron chi connectivity index (χ0n) is 23.2. The van der Waals surface area contributed by atoms with Gasteiger partial charge >= 0.3 is 0 Å². The zero-order chi connectivity index (χ0) is 27.4. The van der Waals surface area contributed by atoms with Crippen molar-refractivity contribution in [3.05, 3.63) is 107 Å². The minimum atomic E-state index is -0.970. The van der Waals surface area contributed by atoms with Crippen molar-refractivity contribution < 1.29 is 5.11 Å². The van der Waals surface area contributed by atoms with Gasteiger partial charge in [0.15, 0.2) is 5.82 Å². The molecule has 5 aromatic rings. The third-order valence-electron chi connectivity index (χ3n) is 7.02. The Morgan fingerprint density at radius 3 is 2.13 bits per heavy atom. The Bertz CT molecular complexity index is 1530. The van der Waals surface area contributed by atoms with Crippen molar-refractivity contribution in [2.45, 2.75) is 65.6 Å². The lowest BCUT2D eigenvalue weighted by Crippen LogP contribution is -2.19. The third-order valence-corrected chi connectivity index (χ3v) is 7.02. The topological polar surface area (TPSA) is 81.7 Å². The van der Waals surface area contributed by atoms with Crippen molar-refractivity contribution in [1.29, 1.82) is 0 Å². The first-order valence-corrected chi connectivity index (χ1v) is 13.7. The molecule has 2 aromatic heterocycles. The van der Waals surface area contributed by atoms with Gasteiger partial charge in [0.25, 0.3) is 0 Å². The van der Waals surface area contributed by atoms with E-state index in [1.807, 2.05) is 48.9 Å². The lowest BCUT2D eigenvalue weighted by atomic mass is 9.98. The van der Waals surface area contributed by atoms with Crippen LogP contribution in [-0.4, -0.2) is 34.9 Å². The highest BCUT2D eigenvalue weighted by Crippen LogP contribution is 2.32. The van der Waals surface area contributed by atoms with Crippen LogP contribution in [0.15, 0.2) is 78.9 Å². The first-order chi connectivity index (χ1) is 18.9. The molecule has 0 unspecified atom stereocenters. The molecular weight excluding hydrogens is 484 g/mol. The van der Waals surface area contributed by atoms with Gasteiger partial charge in [0.05, 0.1) is 12.2 Å². The fourth-order valence-electron chi connectivity index (χ4n) is 5.15. The standard InChI is InChI=1S/C32H36N6O/c1-5-12-29-33-30(32(3,4)39)28(6-2)37(29)21-24-17-19-25(20-18-24)26-15-10-11-16-27(26)31-34-35-36-38(31)22-23-13-8-7-9-14-23/h7-11,13-20,39H,5-6,12,21-22H2,1-4H3. The molecule has 0 aliphatic rings. The second kappa shape index (κ2) is 11.3. The van der Waals surface area contributed by atoms with E-state index in [0.29, 0.717) is 6.54 Å². The summed E-state index contributed by atoms with van der Waals surface area (Å²) < 4.78 is 4.14. The lowest BCUT2D eigenvalue weighted by Gasteiger charge is -2.18. The highest BCUT2D eigenvalue weighted by Gasteiger charge is 2.27. The smallest absolute Gasteiger partial charge is 0.182 e. The Hall–Kier alpha value is -4.10. The van der Waals surface area contributed by atoms with Crippen LogP contribution in [0.5, 0.6) is 0 Å². The van der Waals surface area contributed by atoms with Crippen LogP contribution in [0.3, 0.4) is 0 Å². The van der Waals surface area contributed by atoms with Gasteiger partial charge in [0.2, 0.25) is 0 Å². The molecule has 0 aliphatic carbocycles. The molecular formula is C32H36N6O. The fourth-order valence-corrected chi connectivity index (χ4v) is 5.15. The van der Waals surface area contributed by atoms with Gasteiger partial charge in [-0.3, -0.25) is 0 Å². The number of aliphatic hydroxyl groups is 1. The molecule has 7 nitrogen and oxygen atoms in total. The van der Waals surface area contributed by atoms with Crippen LogP contribution in [0.4, 0.5) is 0 Å². The Labute approximate surface area is 230 Å². The molecule has 7 heteroatoms. The van der Waals surface area contributed by atoms with Gasteiger partial charge < -0.3 is 9.67 Å². The van der Waals surface area contributed by atoms with E-state index in [2.05, 4.69) is 82.5 Å². The average molecular weight is 521 g/mol. The van der Waals surface area contributed by atoms with E-state index in [0.717, 1.165) is 71.1 Å². The summed E-state index contributed by atoms with van der Waals surface area (Å²) in [4.78, 5) is 4.87. The molecule has 0 atom stereocenters. The van der Waals surface area contributed by atoms with Gasteiger partial charge in [-0.15, -0.1) is 5.10 Å². The molecule has 39 heavy (non-hydrogen) atoms. The molecule has 0 radical (unpaired) electrons. The van der Waals surface area contributed by atoms with Crippen molar-refractivity contribution >= 4 is 0 Å². The first-order valence-electron chi connectivity index (χ1n) is 13.7. The summed E-state index contributed by atoms with van der Waals surface area (Å²) in [6.45, 7) is 9.25. The van der Waals surface area contributed by atoms with Crippen LogP contribution < -0.4 is 0 Å². The van der Waals surface area contributed by atoms with Gasteiger partial charge in [0, 0.05) is 24.2 Å². The van der Waals surface area contributed by atoms with Crippen molar-refractivity contribution in [2.75, 3.05) is 0 Å². The van der Waals surface area contributed by atoms with Crippen molar-refractivity contribution in [3.8, 4) is 22.5 Å². The number of tetrazole rings is 1. The molecule has 2 heterocycles. The number of imidazole rings is 1. The molecule has 0 amide bonds. The number of nitrogens with zero attached hydrogens (tertiary/aromatic N) is 6. The van der Waals surface area contributed by atoms with Crippen LogP contribution in [-0.2, 0) is 31.5 Å². The molecule has 0 fully saturated rings. The number of hydrogen-bond acceptors (Lipinski definition) is 5. The van der Waals surface area contributed by atoms with Crippen molar-refractivity contribution in [3.63, 3.8) is 0 Å². The minimum absolute atomic E-state index is 0.605. The van der Waals surface area contributed by atoms with Gasteiger partial charge in [-0.2, -0.15) is 0 Å². The van der Waals surface area contributed by atoms with Crippen molar-refractivity contribution in [1.82, 2.24) is 29.8 Å². The van der Waals surface area contributed by atoms with Crippen LogP contribution >= 0.6 is 0 Å². The van der Waals surface area contributed by atoms with E-state index < -0.39 is 5.60 Å². The van der Waals surface area contributed by atoms with E-state index in [4.69, 9.17) is 4.98 Å². The summed E-state index contributed by atoms with van der Waals surface area (Å²) in [6, 6.07) is 27.2. The molecule has 0 saturated carbocycles. The van der Waals surface area contributed by atoms with Crippen LogP contribution in [0.25, 0.3) is 22.5 Å². The van der Waals surface area contributed by atoms with Crippen molar-refractivity contribution in [2.24, 2.45) is 0 Å². The number of aromatic nitrogens is 6. The summed E-state index contributed by atoms with van der Waals surface area (Å²) in [7, 11) is 0. The maximum absolute atomic E-state index is 10.8. The molecule has 0 bridgehead atoms. The van der Waals surface area contributed by atoms with Gasteiger partial charge in [0.1, 0.15) is 11.4 Å². The molecule has 5 rings (SSSR count). The van der Waals surface area contributed by atoms with E-state index in [9.17, 15) is 5.11 Å². The lowest BCUT2D eigenvalue weighted by molar-refractivity contribution is 0.0730. The van der Waals surface area contributed by atoms with E-state index in [-0.39, 0.29) is 0 Å². The Morgan fingerprint density at radius 2 is 1.46 bits per heavy atom. The van der Waals surface area contributed by atoms with Crippen LogP contribution in [0.2, 0.25) is 0 Å². The zero-order valence-corrected chi connectivity index (χ0v) is 23.2. The quantitative estimate of drug-likeness (QED) is 0.243. The Kier molecular flexibility index (Phi) is 7.70. The number of hydrogen-bond donors (Lipinski definition) is 1. The van der Waals surface area contributed by atoms with Gasteiger partial charge in [-0.1, -0.05) is 92.7 Å². The highest BCUT2D eigenvalue weighted by molar-refractivity contribution is 5.80. The SMILES string of the molecule is CCCc1nc(C(C)(C)O)c(CC)n1Cc1ccc(-c2ccccc2-c2nnnn2Cc2ccccc2)cc1. The summed E-state index contributed by atoms with van der Waals surface area (Å²) in [5.41, 5.74) is 6.44. The number of benzene rings is 3. The predicted molar refractivity (Wildman–Crippen MR) is 154 cm³/mol. The van der Waals surface area contributed by atoms with E-state index in [1.54, 1.807) is 0 Å². The Morgan fingerprint density at radius 1 is 0.795 bits per heavy atom. The predicted octanol–water partition coefficient (Wildman–Crippen LogP) is 6.04. The molecule has 200 valence electrons. The highest BCUT2D eigenvalue weighted by atomic mass is 16.3. The summed E-state index contributed by atoms with van der Waals surface area (Å²) >= 11 is 0. The molecule has 0 saturated heterocycles. The van der Waals surface area contributed by atoms with Gasteiger partial charge in [-0.25, -0.2) is 9.67 Å². The van der Waals surface area contributed by atoms with E-state index in [1.165, 1.54) is 5.56 Å². The molecule has 0 spiro atoms. The second-order valence-electron chi connectivity index (χ2n) is 10.5. The fraction of sp³-hybridized carbons (Fsp3) is 0.312. The first kappa shape index (κ1) is 26.5. The summed E-state index contributed by atoms with van der Waals surface area (Å²) in [5.74, 6) is 1.78. The summed E-state index contributed by atoms with van der Waals surface area (Å²) in [5, 5.41) is 23.4. The minimum Gasteiger partial charge on any atom is -0.384 e. The maximum Gasteiger partial charge on any atom is 0.182 e. The molecule has 0 aliphatic heterocycles. The third kappa shape index (κ3) is 5.68. The monoisotopic (exact) mass is 520 g/mol. The van der Waals surface area contributed by atoms with E-state index >= 15 is 0 Å². The molecule has 3 aromatic carbocycles. The Balaban J connectivity index is 1.45.